The zero-order valence-electron chi connectivity index (χ0n) is 6.46. The monoisotopic (exact) mass is 197 g/mol. The van der Waals surface area contributed by atoms with Crippen molar-refractivity contribution >= 4 is 28.4 Å². The van der Waals surface area contributed by atoms with Crippen molar-refractivity contribution in [2.24, 2.45) is 4.99 Å². The van der Waals surface area contributed by atoms with E-state index in [9.17, 15) is 0 Å². The van der Waals surface area contributed by atoms with E-state index in [4.69, 9.17) is 11.6 Å². The SMILES string of the molecule is Clc1ccc(C2=NCCS2)cc1. The molecule has 0 bridgehead atoms. The number of hydrogen-bond acceptors (Lipinski definition) is 2. The normalized spacial score (nSPS) is 16.2. The Bertz CT molecular complexity index is 305. The molecule has 0 aliphatic carbocycles. The van der Waals surface area contributed by atoms with Gasteiger partial charge >= 0.3 is 0 Å². The van der Waals surface area contributed by atoms with Crippen LogP contribution in [-0.4, -0.2) is 17.3 Å². The van der Waals surface area contributed by atoms with Crippen molar-refractivity contribution in [1.82, 2.24) is 0 Å². The number of thioether (sulfide) groups is 1. The molecular weight excluding hydrogens is 190 g/mol. The van der Waals surface area contributed by atoms with E-state index in [-0.39, 0.29) is 0 Å². The summed E-state index contributed by atoms with van der Waals surface area (Å²) >= 11 is 7.58. The lowest BCUT2D eigenvalue weighted by Gasteiger charge is -1.98. The average molecular weight is 198 g/mol. The van der Waals surface area contributed by atoms with Crippen molar-refractivity contribution in [3.8, 4) is 0 Å². The molecule has 1 aliphatic rings. The summed E-state index contributed by atoms with van der Waals surface area (Å²) in [7, 11) is 0. The highest BCUT2D eigenvalue weighted by Gasteiger charge is 2.08. The van der Waals surface area contributed by atoms with Crippen LogP contribution in [0, 0.1) is 0 Å². The predicted molar refractivity (Wildman–Crippen MR) is 55.3 cm³/mol. The number of aliphatic imine (C=N–C) groups is 1. The molecule has 1 aromatic rings. The third-order valence-electron chi connectivity index (χ3n) is 1.68. The fourth-order valence-electron chi connectivity index (χ4n) is 1.10. The first-order chi connectivity index (χ1) is 5.86. The molecule has 0 fully saturated rings. The Morgan fingerprint density at radius 2 is 2.00 bits per heavy atom. The van der Waals surface area contributed by atoms with E-state index in [1.807, 2.05) is 36.0 Å². The van der Waals surface area contributed by atoms with Crippen LogP contribution in [0.1, 0.15) is 5.56 Å². The number of nitrogens with zero attached hydrogens (tertiary/aromatic N) is 1. The van der Waals surface area contributed by atoms with Gasteiger partial charge in [-0.3, -0.25) is 4.99 Å². The Labute approximate surface area is 80.8 Å². The fourth-order valence-corrected chi connectivity index (χ4v) is 2.09. The maximum atomic E-state index is 5.77. The van der Waals surface area contributed by atoms with Gasteiger partial charge in [0.25, 0.3) is 0 Å². The van der Waals surface area contributed by atoms with Crippen LogP contribution in [0.25, 0.3) is 0 Å². The van der Waals surface area contributed by atoms with E-state index in [1.54, 1.807) is 0 Å². The van der Waals surface area contributed by atoms with Crippen LogP contribution >= 0.6 is 23.4 Å². The maximum absolute atomic E-state index is 5.77. The van der Waals surface area contributed by atoms with Crippen LogP contribution in [0.15, 0.2) is 29.3 Å². The largest absolute Gasteiger partial charge is 0.277 e. The van der Waals surface area contributed by atoms with Gasteiger partial charge in [-0.1, -0.05) is 23.7 Å². The molecular formula is C9H8ClNS. The van der Waals surface area contributed by atoms with Crippen molar-refractivity contribution in [1.29, 1.82) is 0 Å². The molecule has 62 valence electrons. The minimum absolute atomic E-state index is 0.780. The van der Waals surface area contributed by atoms with Gasteiger partial charge in [0.1, 0.15) is 0 Å². The van der Waals surface area contributed by atoms with Crippen molar-refractivity contribution in [3.63, 3.8) is 0 Å². The third kappa shape index (κ3) is 1.65. The van der Waals surface area contributed by atoms with Gasteiger partial charge in [-0.15, -0.1) is 11.8 Å². The van der Waals surface area contributed by atoms with Gasteiger partial charge in [0.2, 0.25) is 0 Å². The Kier molecular flexibility index (Phi) is 2.38. The molecule has 0 aromatic heterocycles. The molecule has 0 radical (unpaired) electrons. The summed E-state index contributed by atoms with van der Waals surface area (Å²) < 4.78 is 0. The quantitative estimate of drug-likeness (QED) is 0.675. The molecule has 0 saturated carbocycles. The van der Waals surface area contributed by atoms with Crippen molar-refractivity contribution in [3.05, 3.63) is 34.9 Å². The lowest BCUT2D eigenvalue weighted by Crippen LogP contribution is -1.89. The topological polar surface area (TPSA) is 12.4 Å². The summed E-state index contributed by atoms with van der Waals surface area (Å²) in [5.74, 6) is 1.11. The minimum Gasteiger partial charge on any atom is -0.277 e. The molecule has 12 heavy (non-hydrogen) atoms. The Morgan fingerprint density at radius 1 is 1.25 bits per heavy atom. The Balaban J connectivity index is 2.28. The van der Waals surface area contributed by atoms with Gasteiger partial charge < -0.3 is 0 Å². The summed E-state index contributed by atoms with van der Waals surface area (Å²) in [6.45, 7) is 0.947. The van der Waals surface area contributed by atoms with Crippen LogP contribution in [0.2, 0.25) is 5.02 Å². The molecule has 0 saturated heterocycles. The number of benzene rings is 1. The molecule has 1 heterocycles. The molecule has 1 aromatic carbocycles. The molecule has 0 unspecified atom stereocenters. The first kappa shape index (κ1) is 8.14. The zero-order valence-corrected chi connectivity index (χ0v) is 8.03. The van der Waals surface area contributed by atoms with Gasteiger partial charge in [-0.25, -0.2) is 0 Å². The summed E-state index contributed by atoms with van der Waals surface area (Å²) in [5, 5.41) is 1.93. The van der Waals surface area contributed by atoms with Crippen LogP contribution in [0.5, 0.6) is 0 Å². The predicted octanol–water partition coefficient (Wildman–Crippen LogP) is 2.83. The van der Waals surface area contributed by atoms with Crippen molar-refractivity contribution < 1.29 is 0 Å². The second kappa shape index (κ2) is 3.50. The van der Waals surface area contributed by atoms with E-state index in [2.05, 4.69) is 4.99 Å². The van der Waals surface area contributed by atoms with Crippen LogP contribution in [-0.2, 0) is 0 Å². The Hall–Kier alpha value is -0.470. The summed E-state index contributed by atoms with van der Waals surface area (Å²) in [6.07, 6.45) is 0. The first-order valence-corrected chi connectivity index (χ1v) is 5.16. The third-order valence-corrected chi connectivity index (χ3v) is 2.95. The molecule has 3 heteroatoms. The highest BCUT2D eigenvalue weighted by atomic mass is 35.5. The summed E-state index contributed by atoms with van der Waals surface area (Å²) in [4.78, 5) is 4.37. The fraction of sp³-hybridized carbons (Fsp3) is 0.222. The second-order valence-corrected chi connectivity index (χ2v) is 4.06. The second-order valence-electron chi connectivity index (χ2n) is 2.54. The van der Waals surface area contributed by atoms with Gasteiger partial charge in [0.05, 0.1) is 5.04 Å². The molecule has 1 nitrogen and oxygen atoms in total. The number of halogens is 1. The lowest BCUT2D eigenvalue weighted by molar-refractivity contribution is 1.17. The highest BCUT2D eigenvalue weighted by Crippen LogP contribution is 2.20. The van der Waals surface area contributed by atoms with Crippen LogP contribution < -0.4 is 0 Å². The minimum atomic E-state index is 0.780. The van der Waals surface area contributed by atoms with Crippen LogP contribution in [0.4, 0.5) is 0 Å². The van der Waals surface area contributed by atoms with Gasteiger partial charge in [-0.05, 0) is 12.1 Å². The molecule has 1 aliphatic heterocycles. The van der Waals surface area contributed by atoms with Gasteiger partial charge in [0.15, 0.2) is 0 Å². The van der Waals surface area contributed by atoms with E-state index in [0.717, 1.165) is 22.4 Å². The lowest BCUT2D eigenvalue weighted by atomic mass is 10.2. The molecule has 0 spiro atoms. The van der Waals surface area contributed by atoms with E-state index >= 15 is 0 Å². The van der Waals surface area contributed by atoms with E-state index in [0.29, 0.717) is 0 Å². The van der Waals surface area contributed by atoms with Gasteiger partial charge in [0, 0.05) is 22.9 Å². The van der Waals surface area contributed by atoms with E-state index in [1.165, 1.54) is 5.56 Å². The van der Waals surface area contributed by atoms with Crippen molar-refractivity contribution in [2.75, 3.05) is 12.3 Å². The van der Waals surface area contributed by atoms with Crippen molar-refractivity contribution in [2.45, 2.75) is 0 Å². The van der Waals surface area contributed by atoms with E-state index < -0.39 is 0 Å². The average Bonchev–Trinajstić information content (AvgIpc) is 2.58. The summed E-state index contributed by atoms with van der Waals surface area (Å²) in [6, 6.07) is 7.83. The first-order valence-electron chi connectivity index (χ1n) is 3.79. The standard InChI is InChI=1S/C9H8ClNS/c10-8-3-1-7(2-4-8)9-11-5-6-12-9/h1-4H,5-6H2. The Morgan fingerprint density at radius 3 is 2.58 bits per heavy atom. The number of rotatable bonds is 1. The molecule has 0 amide bonds. The summed E-state index contributed by atoms with van der Waals surface area (Å²) in [5.41, 5.74) is 1.18. The van der Waals surface area contributed by atoms with Crippen LogP contribution in [0.3, 0.4) is 0 Å². The maximum Gasteiger partial charge on any atom is 0.0977 e. The highest BCUT2D eigenvalue weighted by molar-refractivity contribution is 8.14. The smallest absolute Gasteiger partial charge is 0.0977 e. The zero-order chi connectivity index (χ0) is 8.39. The van der Waals surface area contributed by atoms with Gasteiger partial charge in [-0.2, -0.15) is 0 Å². The molecule has 2 rings (SSSR count). The molecule has 0 atom stereocenters. The number of hydrogen-bond donors (Lipinski definition) is 0. The molecule has 0 N–H and O–H groups in total.